The second-order valence-electron chi connectivity index (χ2n) is 9.47. The van der Waals surface area contributed by atoms with Crippen LogP contribution in [0.4, 0.5) is 5.69 Å². The van der Waals surface area contributed by atoms with E-state index in [1.165, 1.54) is 15.3 Å². The number of hydrogen-bond donors (Lipinski definition) is 1. The number of nitriles is 1. The zero-order valence-corrected chi connectivity index (χ0v) is 22.3. The minimum atomic E-state index is -0.514. The molecule has 2 aromatic heterocycles. The minimum absolute atomic E-state index is 0.0222. The summed E-state index contributed by atoms with van der Waals surface area (Å²) in [5.74, 6) is -0.970. The lowest BCUT2D eigenvalue weighted by atomic mass is 9.96. The van der Waals surface area contributed by atoms with Gasteiger partial charge in [0, 0.05) is 16.3 Å². The Bertz CT molecular complexity index is 1510. The summed E-state index contributed by atoms with van der Waals surface area (Å²) in [6.45, 7) is 7.84. The number of hydrogen-bond acceptors (Lipinski definition) is 5. The first-order chi connectivity index (χ1) is 17.2. The van der Waals surface area contributed by atoms with Gasteiger partial charge in [-0.2, -0.15) is 5.26 Å². The summed E-state index contributed by atoms with van der Waals surface area (Å²) in [6.07, 6.45) is 5.83. The first-order valence-corrected chi connectivity index (χ1v) is 13.2. The Balaban J connectivity index is 1.58. The second kappa shape index (κ2) is 9.16. The van der Waals surface area contributed by atoms with Crippen LogP contribution in [0.25, 0.3) is 11.1 Å². The summed E-state index contributed by atoms with van der Waals surface area (Å²) in [7, 11) is 0. The number of carbonyl (C=O) groups excluding carboxylic acids is 2. The van der Waals surface area contributed by atoms with Crippen LogP contribution in [0.1, 0.15) is 56.9 Å². The zero-order valence-electron chi connectivity index (χ0n) is 20.7. The van der Waals surface area contributed by atoms with E-state index >= 15 is 0 Å². The minimum Gasteiger partial charge on any atom is -0.308 e. The topological polar surface area (TPSA) is 78.1 Å². The number of thiophene rings is 1. The monoisotopic (exact) mass is 514 g/mol. The molecule has 0 bridgehead atoms. The highest BCUT2D eigenvalue weighted by molar-refractivity contribution is 7.80. The van der Waals surface area contributed by atoms with E-state index in [1.54, 1.807) is 17.4 Å². The van der Waals surface area contributed by atoms with Crippen molar-refractivity contribution in [3.8, 4) is 11.1 Å². The molecule has 6 nitrogen and oxygen atoms in total. The van der Waals surface area contributed by atoms with Gasteiger partial charge in [-0.05, 0) is 112 Å². The van der Waals surface area contributed by atoms with E-state index in [0.29, 0.717) is 5.69 Å². The Morgan fingerprint density at radius 2 is 1.75 bits per heavy atom. The van der Waals surface area contributed by atoms with Crippen molar-refractivity contribution in [1.82, 2.24) is 9.88 Å². The van der Waals surface area contributed by atoms with Gasteiger partial charge in [0.1, 0.15) is 16.6 Å². The van der Waals surface area contributed by atoms with Gasteiger partial charge in [0.2, 0.25) is 0 Å². The van der Waals surface area contributed by atoms with Crippen molar-refractivity contribution >= 4 is 52.2 Å². The molecule has 3 aromatic rings. The fraction of sp³-hybridized carbons (Fsp3) is 0.286. The van der Waals surface area contributed by atoms with Crippen LogP contribution in [0.15, 0.2) is 29.8 Å². The third-order valence-electron chi connectivity index (χ3n) is 6.80. The number of anilines is 1. The van der Waals surface area contributed by atoms with Crippen LogP contribution in [-0.2, 0) is 22.4 Å². The van der Waals surface area contributed by atoms with Crippen LogP contribution in [0.3, 0.4) is 0 Å². The molecule has 1 aromatic carbocycles. The maximum atomic E-state index is 13.5. The first kappa shape index (κ1) is 24.2. The Morgan fingerprint density at radius 3 is 2.44 bits per heavy atom. The summed E-state index contributed by atoms with van der Waals surface area (Å²) < 4.78 is 2.07. The lowest BCUT2D eigenvalue weighted by Crippen LogP contribution is -2.54. The van der Waals surface area contributed by atoms with Gasteiger partial charge >= 0.3 is 0 Å². The molecule has 1 fully saturated rings. The number of fused-ring (bicyclic) bond motifs is 1. The van der Waals surface area contributed by atoms with Crippen LogP contribution in [-0.4, -0.2) is 21.5 Å². The van der Waals surface area contributed by atoms with E-state index in [4.69, 9.17) is 12.2 Å². The van der Waals surface area contributed by atoms with Gasteiger partial charge in [0.25, 0.3) is 11.8 Å². The van der Waals surface area contributed by atoms with Crippen molar-refractivity contribution in [2.45, 2.75) is 53.4 Å². The number of rotatable bonds is 3. The first-order valence-electron chi connectivity index (χ1n) is 11.9. The van der Waals surface area contributed by atoms with Gasteiger partial charge in [-0.15, -0.1) is 11.3 Å². The highest BCUT2D eigenvalue weighted by Crippen LogP contribution is 2.38. The van der Waals surface area contributed by atoms with E-state index in [2.05, 4.69) is 16.0 Å². The lowest BCUT2D eigenvalue weighted by molar-refractivity contribution is -0.122. The fourth-order valence-corrected chi connectivity index (χ4v) is 6.93. The molecular formula is C28H26N4O2S2. The van der Waals surface area contributed by atoms with Crippen LogP contribution in [0.5, 0.6) is 0 Å². The summed E-state index contributed by atoms with van der Waals surface area (Å²) >= 11 is 7.04. The maximum Gasteiger partial charge on any atom is 0.270 e. The van der Waals surface area contributed by atoms with Crippen molar-refractivity contribution in [2.24, 2.45) is 0 Å². The predicted molar refractivity (Wildman–Crippen MR) is 147 cm³/mol. The average Bonchev–Trinajstić information content (AvgIpc) is 3.31. The van der Waals surface area contributed by atoms with Crippen molar-refractivity contribution in [3.63, 3.8) is 0 Å². The molecule has 0 unspecified atom stereocenters. The average molecular weight is 515 g/mol. The smallest absolute Gasteiger partial charge is 0.270 e. The lowest BCUT2D eigenvalue weighted by Gasteiger charge is -2.29. The van der Waals surface area contributed by atoms with Gasteiger partial charge in [0.05, 0.1) is 11.3 Å². The molecule has 36 heavy (non-hydrogen) atoms. The quantitative estimate of drug-likeness (QED) is 0.290. The summed E-state index contributed by atoms with van der Waals surface area (Å²) in [6, 6.07) is 10.2. The molecule has 182 valence electrons. The van der Waals surface area contributed by atoms with Gasteiger partial charge < -0.3 is 4.57 Å². The van der Waals surface area contributed by atoms with Gasteiger partial charge in [-0.3, -0.25) is 19.8 Å². The molecule has 0 spiro atoms. The Hall–Kier alpha value is -3.54. The Morgan fingerprint density at radius 1 is 1.06 bits per heavy atom. The molecule has 0 radical (unpaired) electrons. The van der Waals surface area contributed by atoms with E-state index < -0.39 is 11.8 Å². The SMILES string of the molecule is Cc1cc(C)cc(N2C(=O)/C(=C/c3cc(C)n(-c4sc5c(c4C#N)CCCC5)c3C)C(=O)NC2=S)c1. The number of aromatic nitrogens is 1. The number of amides is 2. The number of nitrogens with zero attached hydrogens (tertiary/aromatic N) is 3. The number of carbonyl (C=O) groups is 2. The molecular weight excluding hydrogens is 488 g/mol. The summed E-state index contributed by atoms with van der Waals surface area (Å²) in [4.78, 5) is 29.1. The van der Waals surface area contributed by atoms with E-state index in [0.717, 1.165) is 64.3 Å². The van der Waals surface area contributed by atoms with Crippen molar-refractivity contribution in [2.75, 3.05) is 4.90 Å². The van der Waals surface area contributed by atoms with Gasteiger partial charge in [-0.1, -0.05) is 6.07 Å². The van der Waals surface area contributed by atoms with Crippen molar-refractivity contribution in [3.05, 3.63) is 73.9 Å². The van der Waals surface area contributed by atoms with E-state index in [9.17, 15) is 14.9 Å². The van der Waals surface area contributed by atoms with Crippen LogP contribution in [0, 0.1) is 39.0 Å². The number of thiocarbonyl (C=S) groups is 1. The molecule has 2 aliphatic rings. The molecule has 1 aliphatic heterocycles. The molecule has 8 heteroatoms. The highest BCUT2D eigenvalue weighted by atomic mass is 32.1. The molecule has 1 N–H and O–H groups in total. The zero-order chi connectivity index (χ0) is 25.7. The molecule has 3 heterocycles. The largest absolute Gasteiger partial charge is 0.308 e. The van der Waals surface area contributed by atoms with Crippen molar-refractivity contribution in [1.29, 1.82) is 5.26 Å². The number of aryl methyl sites for hydroxylation is 4. The summed E-state index contributed by atoms with van der Waals surface area (Å²) in [5, 5.41) is 13.6. The molecule has 0 saturated carbocycles. The van der Waals surface area contributed by atoms with Gasteiger partial charge in [-0.25, -0.2) is 0 Å². The molecule has 2 amide bonds. The normalized spacial score (nSPS) is 16.8. The second-order valence-corrected chi connectivity index (χ2v) is 10.9. The molecule has 1 aliphatic carbocycles. The standard InChI is InChI=1S/C28H26N4O2S2/c1-15-9-16(2)11-20(10-15)32-26(34)22(25(33)30-28(32)35)13-19-12-17(3)31(18(19)4)27-23(14-29)21-7-5-6-8-24(21)36-27/h9-13H,5-8H2,1-4H3,(H,30,33,35)/b22-13+. The van der Waals surface area contributed by atoms with E-state index in [1.807, 2.05) is 52.0 Å². The Kier molecular flexibility index (Phi) is 6.15. The number of benzene rings is 1. The summed E-state index contributed by atoms with van der Waals surface area (Å²) in [5.41, 5.74) is 7.15. The molecule has 5 rings (SSSR count). The maximum absolute atomic E-state index is 13.5. The van der Waals surface area contributed by atoms with Crippen molar-refractivity contribution < 1.29 is 9.59 Å². The van der Waals surface area contributed by atoms with Crippen LogP contribution in [0.2, 0.25) is 0 Å². The fourth-order valence-electron chi connectivity index (χ4n) is 5.20. The third-order valence-corrected chi connectivity index (χ3v) is 8.37. The number of nitrogens with one attached hydrogen (secondary N) is 1. The highest BCUT2D eigenvalue weighted by Gasteiger charge is 2.35. The van der Waals surface area contributed by atoms with E-state index in [-0.39, 0.29) is 10.7 Å². The van der Waals surface area contributed by atoms with Gasteiger partial charge in [0.15, 0.2) is 5.11 Å². The third kappa shape index (κ3) is 3.98. The van der Waals surface area contributed by atoms with Crippen LogP contribution < -0.4 is 10.2 Å². The predicted octanol–water partition coefficient (Wildman–Crippen LogP) is 5.35. The Labute approximate surface area is 219 Å². The molecule has 1 saturated heterocycles. The molecule has 0 atom stereocenters. The van der Waals surface area contributed by atoms with Crippen LogP contribution >= 0.6 is 23.6 Å².